The smallest absolute Gasteiger partial charge is 0.150 e. The average Bonchev–Trinajstić information content (AvgIpc) is 2.70. The third-order valence-corrected chi connectivity index (χ3v) is 5.90. The second kappa shape index (κ2) is 7.04. The van der Waals surface area contributed by atoms with Gasteiger partial charge in [-0.15, -0.1) is 0 Å². The van der Waals surface area contributed by atoms with Crippen LogP contribution in [0, 0.1) is 5.92 Å². The molecule has 5 heteroatoms. The van der Waals surface area contributed by atoms with Crippen LogP contribution < -0.4 is 5.32 Å². The van der Waals surface area contributed by atoms with E-state index in [9.17, 15) is 8.42 Å². The van der Waals surface area contributed by atoms with Crippen molar-refractivity contribution in [1.82, 2.24) is 5.32 Å². The minimum atomic E-state index is -2.80. The Morgan fingerprint density at radius 1 is 1.42 bits per heavy atom. The molecule has 0 amide bonds. The van der Waals surface area contributed by atoms with Gasteiger partial charge in [-0.1, -0.05) is 6.92 Å². The van der Waals surface area contributed by atoms with Gasteiger partial charge in [0.2, 0.25) is 0 Å². The summed E-state index contributed by atoms with van der Waals surface area (Å²) in [6, 6.07) is 0.298. The quantitative estimate of drug-likeness (QED) is 0.743. The van der Waals surface area contributed by atoms with Crippen molar-refractivity contribution in [3.8, 4) is 0 Å². The summed E-state index contributed by atoms with van der Waals surface area (Å²) in [7, 11) is -1.07. The molecule has 0 aromatic rings. The van der Waals surface area contributed by atoms with Crippen molar-refractivity contribution in [3.05, 3.63) is 0 Å². The molecule has 0 aromatic carbocycles. The molecule has 0 radical (unpaired) electrons. The molecule has 1 saturated heterocycles. The van der Waals surface area contributed by atoms with Gasteiger partial charge >= 0.3 is 0 Å². The molecule has 1 heterocycles. The Hall–Kier alpha value is -0.130. The lowest BCUT2D eigenvalue weighted by molar-refractivity contribution is 0.0105. The molecule has 1 rings (SSSR count). The van der Waals surface area contributed by atoms with Crippen molar-refractivity contribution >= 4 is 9.84 Å². The van der Waals surface area contributed by atoms with Crippen molar-refractivity contribution in [1.29, 1.82) is 0 Å². The Labute approximate surface area is 118 Å². The van der Waals surface area contributed by atoms with Crippen LogP contribution in [-0.4, -0.2) is 45.2 Å². The van der Waals surface area contributed by atoms with Crippen molar-refractivity contribution in [2.75, 3.05) is 25.2 Å². The fourth-order valence-electron chi connectivity index (χ4n) is 2.58. The third kappa shape index (κ3) is 5.79. The summed E-state index contributed by atoms with van der Waals surface area (Å²) in [5.41, 5.74) is -0.135. The maximum Gasteiger partial charge on any atom is 0.150 e. The number of methoxy groups -OCH3 is 1. The molecule has 2 atom stereocenters. The van der Waals surface area contributed by atoms with Crippen molar-refractivity contribution in [2.45, 2.75) is 58.1 Å². The highest BCUT2D eigenvalue weighted by molar-refractivity contribution is 7.91. The van der Waals surface area contributed by atoms with Gasteiger partial charge in [0.05, 0.1) is 17.1 Å². The second-order valence-corrected chi connectivity index (χ2v) is 8.45. The molecule has 19 heavy (non-hydrogen) atoms. The SMILES string of the molecule is CCCNC(CCC(C)(C)OC)C1CCS(=O)(=O)C1. The van der Waals surface area contributed by atoms with E-state index in [4.69, 9.17) is 4.74 Å². The highest BCUT2D eigenvalue weighted by Crippen LogP contribution is 2.26. The summed E-state index contributed by atoms with van der Waals surface area (Å²) in [6.07, 6.45) is 3.79. The summed E-state index contributed by atoms with van der Waals surface area (Å²) in [5.74, 6) is 0.974. The monoisotopic (exact) mass is 291 g/mol. The lowest BCUT2D eigenvalue weighted by Crippen LogP contribution is -2.39. The average molecular weight is 291 g/mol. The van der Waals surface area contributed by atoms with Gasteiger partial charge in [0.1, 0.15) is 0 Å². The van der Waals surface area contributed by atoms with E-state index >= 15 is 0 Å². The van der Waals surface area contributed by atoms with Gasteiger partial charge in [-0.3, -0.25) is 0 Å². The largest absolute Gasteiger partial charge is 0.379 e. The van der Waals surface area contributed by atoms with E-state index < -0.39 is 9.84 Å². The molecule has 0 aliphatic carbocycles. The van der Waals surface area contributed by atoms with E-state index in [-0.39, 0.29) is 11.5 Å². The Balaban J connectivity index is 2.57. The molecule has 1 aliphatic heterocycles. The first-order valence-electron chi connectivity index (χ1n) is 7.28. The highest BCUT2D eigenvalue weighted by Gasteiger charge is 2.34. The van der Waals surface area contributed by atoms with E-state index in [1.165, 1.54) is 0 Å². The summed E-state index contributed by atoms with van der Waals surface area (Å²) >= 11 is 0. The molecule has 0 aromatic heterocycles. The number of rotatable bonds is 8. The predicted octanol–water partition coefficient (Wildman–Crippen LogP) is 1.99. The Kier molecular flexibility index (Phi) is 6.27. The minimum Gasteiger partial charge on any atom is -0.379 e. The van der Waals surface area contributed by atoms with Crippen LogP contribution in [0.4, 0.5) is 0 Å². The van der Waals surface area contributed by atoms with Gasteiger partial charge in [-0.05, 0) is 52.0 Å². The molecular formula is C14H29NO3S. The number of sulfone groups is 1. The van der Waals surface area contributed by atoms with Gasteiger partial charge in [-0.2, -0.15) is 0 Å². The lowest BCUT2D eigenvalue weighted by Gasteiger charge is -2.29. The fourth-order valence-corrected chi connectivity index (χ4v) is 4.46. The van der Waals surface area contributed by atoms with Crippen LogP contribution in [0.5, 0.6) is 0 Å². The van der Waals surface area contributed by atoms with Gasteiger partial charge in [0.15, 0.2) is 9.84 Å². The van der Waals surface area contributed by atoms with Crippen LogP contribution in [0.2, 0.25) is 0 Å². The van der Waals surface area contributed by atoms with Gasteiger partial charge in [0.25, 0.3) is 0 Å². The zero-order valence-electron chi connectivity index (χ0n) is 12.7. The lowest BCUT2D eigenvalue weighted by atomic mass is 9.90. The number of ether oxygens (including phenoxy) is 1. The molecule has 1 aliphatic rings. The topological polar surface area (TPSA) is 55.4 Å². The van der Waals surface area contributed by atoms with E-state index in [0.717, 1.165) is 32.2 Å². The standard InChI is InChI=1S/C14H29NO3S/c1-5-9-15-13(6-8-14(2,3)18-4)12-7-10-19(16,17)11-12/h12-13,15H,5-11H2,1-4H3. The van der Waals surface area contributed by atoms with Crippen molar-refractivity contribution < 1.29 is 13.2 Å². The minimum absolute atomic E-state index is 0.135. The van der Waals surface area contributed by atoms with Crippen LogP contribution in [0.1, 0.15) is 46.5 Å². The van der Waals surface area contributed by atoms with Crippen LogP contribution >= 0.6 is 0 Å². The molecular weight excluding hydrogens is 262 g/mol. The number of nitrogens with one attached hydrogen (secondary N) is 1. The van der Waals surface area contributed by atoms with Gasteiger partial charge in [0, 0.05) is 13.2 Å². The van der Waals surface area contributed by atoms with Gasteiger partial charge in [-0.25, -0.2) is 8.42 Å². The Bertz CT molecular complexity index is 365. The summed E-state index contributed by atoms with van der Waals surface area (Å²) in [4.78, 5) is 0. The van der Waals surface area contributed by atoms with E-state index in [2.05, 4.69) is 26.1 Å². The summed E-state index contributed by atoms with van der Waals surface area (Å²) in [6.45, 7) is 7.24. The maximum absolute atomic E-state index is 11.6. The third-order valence-electron chi connectivity index (χ3n) is 4.10. The van der Waals surface area contributed by atoms with Gasteiger partial charge < -0.3 is 10.1 Å². The first-order chi connectivity index (χ1) is 8.79. The van der Waals surface area contributed by atoms with E-state index in [1.54, 1.807) is 7.11 Å². The van der Waals surface area contributed by atoms with E-state index in [1.807, 2.05) is 0 Å². The molecule has 0 saturated carbocycles. The van der Waals surface area contributed by atoms with Crippen LogP contribution in [0.15, 0.2) is 0 Å². The molecule has 2 unspecified atom stereocenters. The van der Waals surface area contributed by atoms with Crippen LogP contribution in [0.3, 0.4) is 0 Å². The molecule has 4 nitrogen and oxygen atoms in total. The molecule has 1 N–H and O–H groups in total. The zero-order chi connectivity index (χ0) is 14.5. The molecule has 0 bridgehead atoms. The number of hydrogen-bond donors (Lipinski definition) is 1. The molecule has 1 fully saturated rings. The maximum atomic E-state index is 11.6. The summed E-state index contributed by atoms with van der Waals surface area (Å²) < 4.78 is 28.7. The Morgan fingerprint density at radius 2 is 2.11 bits per heavy atom. The van der Waals surface area contributed by atoms with Crippen molar-refractivity contribution in [2.24, 2.45) is 5.92 Å². The second-order valence-electron chi connectivity index (χ2n) is 6.23. The summed E-state index contributed by atoms with van der Waals surface area (Å²) in [5, 5.41) is 3.53. The predicted molar refractivity (Wildman–Crippen MR) is 79.2 cm³/mol. The van der Waals surface area contributed by atoms with E-state index in [0.29, 0.717) is 17.5 Å². The van der Waals surface area contributed by atoms with Crippen LogP contribution in [-0.2, 0) is 14.6 Å². The Morgan fingerprint density at radius 3 is 2.58 bits per heavy atom. The normalized spacial score (nSPS) is 24.5. The fraction of sp³-hybridized carbons (Fsp3) is 1.00. The van der Waals surface area contributed by atoms with Crippen molar-refractivity contribution in [3.63, 3.8) is 0 Å². The van der Waals surface area contributed by atoms with Crippen LogP contribution in [0.25, 0.3) is 0 Å². The highest BCUT2D eigenvalue weighted by atomic mass is 32.2. The number of hydrogen-bond acceptors (Lipinski definition) is 4. The zero-order valence-corrected chi connectivity index (χ0v) is 13.6. The molecule has 114 valence electrons. The molecule has 0 spiro atoms. The first-order valence-corrected chi connectivity index (χ1v) is 9.11. The first kappa shape index (κ1) is 16.9.